The van der Waals surface area contributed by atoms with Gasteiger partial charge in [0.25, 0.3) is 0 Å². The van der Waals surface area contributed by atoms with Crippen LogP contribution in [-0.4, -0.2) is 42.3 Å². The summed E-state index contributed by atoms with van der Waals surface area (Å²) in [4.78, 5) is 4.76. The Bertz CT molecular complexity index is 667. The first kappa shape index (κ1) is 19.2. The van der Waals surface area contributed by atoms with E-state index in [2.05, 4.69) is 58.3 Å². The molecule has 4 rings (SSSR count). The molecule has 1 unspecified atom stereocenters. The molecular formula is C22H29ClN2O. The number of aliphatic hydroxyl groups excluding tert-OH is 1. The molecule has 4 heteroatoms. The predicted octanol–water partition coefficient (Wildman–Crippen LogP) is 4.19. The maximum atomic E-state index is 10.8. The zero-order chi connectivity index (χ0) is 17.1. The number of benzene rings is 2. The molecule has 0 amide bonds. The number of hydrogen-bond acceptors (Lipinski definition) is 3. The van der Waals surface area contributed by atoms with Crippen molar-refractivity contribution in [2.45, 2.75) is 38.2 Å². The molecule has 26 heavy (non-hydrogen) atoms. The molecule has 0 saturated carbocycles. The van der Waals surface area contributed by atoms with Gasteiger partial charge in [-0.15, -0.1) is 12.4 Å². The molecule has 0 bridgehead atoms. The third-order valence-corrected chi connectivity index (χ3v) is 5.54. The Morgan fingerprint density at radius 3 is 1.88 bits per heavy atom. The van der Waals surface area contributed by atoms with Crippen molar-refractivity contribution in [1.82, 2.24) is 4.90 Å². The first-order valence-corrected chi connectivity index (χ1v) is 9.65. The third kappa shape index (κ3) is 4.22. The van der Waals surface area contributed by atoms with E-state index in [9.17, 15) is 5.11 Å². The van der Waals surface area contributed by atoms with Crippen LogP contribution in [0.15, 0.2) is 48.5 Å². The van der Waals surface area contributed by atoms with E-state index in [1.807, 2.05) is 0 Å². The molecule has 1 saturated heterocycles. The molecule has 1 atom stereocenters. The highest BCUT2D eigenvalue weighted by molar-refractivity contribution is 5.85. The Morgan fingerprint density at radius 1 is 0.769 bits per heavy atom. The minimum atomic E-state index is -0.336. The van der Waals surface area contributed by atoms with Gasteiger partial charge in [0.1, 0.15) is 0 Å². The van der Waals surface area contributed by atoms with Crippen LogP contribution >= 0.6 is 12.4 Å². The van der Waals surface area contributed by atoms with Gasteiger partial charge in [0, 0.05) is 17.9 Å². The summed E-state index contributed by atoms with van der Waals surface area (Å²) < 4.78 is 0. The van der Waals surface area contributed by atoms with E-state index in [0.29, 0.717) is 6.54 Å². The highest BCUT2D eigenvalue weighted by Gasteiger charge is 2.23. The molecule has 2 aliphatic rings. The number of β-amino-alcohol motifs (C(OH)–C–C–N with tert-alkyl or cyclic N) is 1. The molecule has 2 aliphatic heterocycles. The van der Waals surface area contributed by atoms with Gasteiger partial charge < -0.3 is 14.9 Å². The predicted molar refractivity (Wildman–Crippen MR) is 111 cm³/mol. The quantitative estimate of drug-likeness (QED) is 0.871. The maximum Gasteiger partial charge on any atom is 0.0845 e. The van der Waals surface area contributed by atoms with Gasteiger partial charge in [-0.05, 0) is 62.0 Å². The minimum Gasteiger partial charge on any atom is -0.390 e. The minimum absolute atomic E-state index is 0. The van der Waals surface area contributed by atoms with Crippen LogP contribution < -0.4 is 4.90 Å². The van der Waals surface area contributed by atoms with Crippen molar-refractivity contribution in [2.24, 2.45) is 0 Å². The van der Waals surface area contributed by atoms with Crippen molar-refractivity contribution in [3.63, 3.8) is 0 Å². The summed E-state index contributed by atoms with van der Waals surface area (Å²) in [6.07, 6.45) is 5.65. The molecule has 0 spiro atoms. The standard InChI is InChI=1S/C22H28N2O.ClH/c25-20(16-23-14-6-1-7-15-23)17-24-21-10-4-2-8-18(21)12-13-19-9-3-5-11-22(19)24;/h2-5,8-11,20,25H,1,6-7,12-17H2;1H. The third-order valence-electron chi connectivity index (χ3n) is 5.54. The summed E-state index contributed by atoms with van der Waals surface area (Å²) in [6, 6.07) is 17.3. The molecule has 2 aromatic carbocycles. The Morgan fingerprint density at radius 2 is 1.31 bits per heavy atom. The second-order valence-electron chi connectivity index (χ2n) is 7.38. The van der Waals surface area contributed by atoms with Crippen LogP contribution in [0.25, 0.3) is 0 Å². The van der Waals surface area contributed by atoms with Crippen LogP contribution in [0.2, 0.25) is 0 Å². The lowest BCUT2D eigenvalue weighted by molar-refractivity contribution is 0.107. The Labute approximate surface area is 163 Å². The van der Waals surface area contributed by atoms with Crippen molar-refractivity contribution in [2.75, 3.05) is 31.1 Å². The SMILES string of the molecule is Cl.OC(CN1CCCCC1)CN1c2ccccc2CCc2ccccc21. The number of rotatable bonds is 4. The van der Waals surface area contributed by atoms with Gasteiger partial charge in [-0.3, -0.25) is 0 Å². The van der Waals surface area contributed by atoms with Crippen LogP contribution in [0.3, 0.4) is 0 Å². The summed E-state index contributed by atoms with van der Waals surface area (Å²) in [5.41, 5.74) is 5.27. The lowest BCUT2D eigenvalue weighted by Crippen LogP contribution is -2.41. The van der Waals surface area contributed by atoms with Crippen molar-refractivity contribution >= 4 is 23.8 Å². The molecular weight excluding hydrogens is 344 g/mol. The zero-order valence-electron chi connectivity index (χ0n) is 15.3. The molecule has 0 aliphatic carbocycles. The first-order valence-electron chi connectivity index (χ1n) is 9.65. The number of aryl methyl sites for hydroxylation is 2. The largest absolute Gasteiger partial charge is 0.390 e. The number of hydrogen-bond donors (Lipinski definition) is 1. The van der Waals surface area contributed by atoms with E-state index in [1.54, 1.807) is 0 Å². The van der Waals surface area contributed by atoms with Crippen LogP contribution in [-0.2, 0) is 12.8 Å². The van der Waals surface area contributed by atoms with E-state index in [1.165, 1.54) is 41.8 Å². The summed E-state index contributed by atoms with van der Waals surface area (Å²) in [5.74, 6) is 0. The molecule has 1 N–H and O–H groups in total. The van der Waals surface area contributed by atoms with Gasteiger partial charge in [0.05, 0.1) is 12.6 Å². The lowest BCUT2D eigenvalue weighted by atomic mass is 10.0. The molecule has 0 aromatic heterocycles. The van der Waals surface area contributed by atoms with Crippen LogP contribution in [0, 0.1) is 0 Å². The van der Waals surface area contributed by atoms with Crippen LogP contribution in [0.1, 0.15) is 30.4 Å². The van der Waals surface area contributed by atoms with E-state index in [0.717, 1.165) is 32.5 Å². The number of piperidine rings is 1. The van der Waals surface area contributed by atoms with Crippen molar-refractivity contribution in [3.8, 4) is 0 Å². The normalized spacial score (nSPS) is 18.3. The number of nitrogens with zero attached hydrogens (tertiary/aromatic N) is 2. The molecule has 3 nitrogen and oxygen atoms in total. The zero-order valence-corrected chi connectivity index (χ0v) is 16.1. The second kappa shape index (κ2) is 8.90. The number of likely N-dealkylation sites (tertiary alicyclic amines) is 1. The summed E-state index contributed by atoms with van der Waals surface area (Å²) in [5, 5.41) is 10.8. The fourth-order valence-electron chi connectivity index (χ4n) is 4.28. The summed E-state index contributed by atoms with van der Waals surface area (Å²) in [6.45, 7) is 3.69. The van der Waals surface area contributed by atoms with Crippen LogP contribution in [0.5, 0.6) is 0 Å². The van der Waals surface area contributed by atoms with Gasteiger partial charge in [0.2, 0.25) is 0 Å². The lowest BCUT2D eigenvalue weighted by Gasteiger charge is -2.33. The number of halogens is 1. The van der Waals surface area contributed by atoms with Crippen molar-refractivity contribution in [3.05, 3.63) is 59.7 Å². The molecule has 1 fully saturated rings. The average molecular weight is 373 g/mol. The number of anilines is 2. The fourth-order valence-corrected chi connectivity index (χ4v) is 4.28. The van der Waals surface area contributed by atoms with Crippen molar-refractivity contribution < 1.29 is 5.11 Å². The summed E-state index contributed by atoms with van der Waals surface area (Å²) in [7, 11) is 0. The Balaban J connectivity index is 0.00000196. The van der Waals surface area contributed by atoms with E-state index in [4.69, 9.17) is 0 Å². The molecule has 0 radical (unpaired) electrons. The van der Waals surface area contributed by atoms with Gasteiger partial charge in [-0.25, -0.2) is 0 Å². The average Bonchev–Trinajstić information content (AvgIpc) is 2.80. The Hall–Kier alpha value is -1.55. The van der Waals surface area contributed by atoms with Crippen molar-refractivity contribution in [1.29, 1.82) is 0 Å². The molecule has 140 valence electrons. The molecule has 2 heterocycles. The number of para-hydroxylation sites is 2. The van der Waals surface area contributed by atoms with Gasteiger partial charge >= 0.3 is 0 Å². The smallest absolute Gasteiger partial charge is 0.0845 e. The van der Waals surface area contributed by atoms with Crippen LogP contribution in [0.4, 0.5) is 11.4 Å². The van der Waals surface area contributed by atoms with E-state index in [-0.39, 0.29) is 18.5 Å². The number of aliphatic hydroxyl groups is 1. The first-order chi connectivity index (χ1) is 12.3. The van der Waals surface area contributed by atoms with Gasteiger partial charge in [-0.1, -0.05) is 42.8 Å². The molecule has 2 aromatic rings. The fraction of sp³-hybridized carbons (Fsp3) is 0.455. The highest BCUT2D eigenvalue weighted by Crippen LogP contribution is 2.35. The van der Waals surface area contributed by atoms with Gasteiger partial charge in [-0.2, -0.15) is 0 Å². The Kier molecular flexibility index (Phi) is 6.58. The highest BCUT2D eigenvalue weighted by atomic mass is 35.5. The second-order valence-corrected chi connectivity index (χ2v) is 7.38. The number of fused-ring (bicyclic) bond motifs is 2. The van der Waals surface area contributed by atoms with E-state index < -0.39 is 0 Å². The monoisotopic (exact) mass is 372 g/mol. The summed E-state index contributed by atoms with van der Waals surface area (Å²) >= 11 is 0. The maximum absolute atomic E-state index is 10.8. The topological polar surface area (TPSA) is 26.7 Å². The van der Waals surface area contributed by atoms with Gasteiger partial charge in [0.15, 0.2) is 0 Å². The van der Waals surface area contributed by atoms with E-state index >= 15 is 0 Å².